The first-order valence-electron chi connectivity index (χ1n) is 8.04. The van der Waals surface area contributed by atoms with E-state index in [0.29, 0.717) is 30.0 Å². The number of nitrogens with two attached hydrogens (primary N) is 1. The smallest absolute Gasteiger partial charge is 0.232 e. The Morgan fingerprint density at radius 3 is 2.56 bits per heavy atom. The Balaban J connectivity index is 1.43. The molecule has 0 spiro atoms. The van der Waals surface area contributed by atoms with Crippen molar-refractivity contribution in [3.8, 4) is 5.88 Å². The number of pyridine rings is 1. The van der Waals surface area contributed by atoms with Gasteiger partial charge in [-0.1, -0.05) is 11.6 Å². The summed E-state index contributed by atoms with van der Waals surface area (Å²) in [5.74, 6) is 1.68. The first-order chi connectivity index (χ1) is 12.2. The van der Waals surface area contributed by atoms with Crippen LogP contribution in [0.4, 0.5) is 5.95 Å². The number of aromatic nitrogens is 3. The minimum Gasteiger partial charge on any atom is -0.475 e. The SMILES string of the molecule is NC(=NCCOc1ncccc1Cl)N1CCN(c2ncccn2)CC1. The fourth-order valence-electron chi connectivity index (χ4n) is 2.47. The molecule has 0 radical (unpaired) electrons. The van der Waals surface area contributed by atoms with Gasteiger partial charge in [-0.3, -0.25) is 0 Å². The first-order valence-corrected chi connectivity index (χ1v) is 8.42. The molecular weight excluding hydrogens is 342 g/mol. The van der Waals surface area contributed by atoms with Crippen molar-refractivity contribution in [1.29, 1.82) is 0 Å². The molecule has 3 rings (SSSR count). The van der Waals surface area contributed by atoms with Crippen molar-refractivity contribution in [1.82, 2.24) is 19.9 Å². The lowest BCUT2D eigenvalue weighted by atomic mass is 10.3. The highest BCUT2D eigenvalue weighted by molar-refractivity contribution is 6.31. The van der Waals surface area contributed by atoms with Crippen LogP contribution in [0.15, 0.2) is 41.8 Å². The van der Waals surface area contributed by atoms with Gasteiger partial charge >= 0.3 is 0 Å². The first kappa shape index (κ1) is 17.2. The van der Waals surface area contributed by atoms with E-state index in [4.69, 9.17) is 22.1 Å². The topological polar surface area (TPSA) is 92.8 Å². The third kappa shape index (κ3) is 4.69. The zero-order valence-electron chi connectivity index (χ0n) is 13.8. The van der Waals surface area contributed by atoms with Crippen LogP contribution in [0.25, 0.3) is 0 Å². The molecule has 2 aromatic heterocycles. The van der Waals surface area contributed by atoms with Gasteiger partial charge < -0.3 is 20.3 Å². The van der Waals surface area contributed by atoms with Crippen LogP contribution >= 0.6 is 11.6 Å². The number of ether oxygens (including phenoxy) is 1. The van der Waals surface area contributed by atoms with Crippen molar-refractivity contribution in [2.45, 2.75) is 0 Å². The number of hydrogen-bond acceptors (Lipinski definition) is 6. The van der Waals surface area contributed by atoms with Crippen LogP contribution in [0.5, 0.6) is 5.88 Å². The maximum Gasteiger partial charge on any atom is 0.232 e. The largest absolute Gasteiger partial charge is 0.475 e. The third-order valence-corrected chi connectivity index (χ3v) is 4.05. The second kappa shape index (κ2) is 8.48. The fourth-order valence-corrected chi connectivity index (χ4v) is 2.65. The van der Waals surface area contributed by atoms with Gasteiger partial charge in [-0.05, 0) is 18.2 Å². The Morgan fingerprint density at radius 2 is 1.84 bits per heavy atom. The van der Waals surface area contributed by atoms with E-state index >= 15 is 0 Å². The molecule has 9 heteroatoms. The Labute approximate surface area is 151 Å². The van der Waals surface area contributed by atoms with E-state index in [-0.39, 0.29) is 0 Å². The lowest BCUT2D eigenvalue weighted by Crippen LogP contribution is -2.51. The van der Waals surface area contributed by atoms with Crippen molar-refractivity contribution in [3.05, 3.63) is 41.8 Å². The third-order valence-electron chi connectivity index (χ3n) is 3.77. The lowest BCUT2D eigenvalue weighted by Gasteiger charge is -2.35. The molecule has 0 aromatic carbocycles. The number of halogens is 1. The van der Waals surface area contributed by atoms with Crippen LogP contribution in [0.1, 0.15) is 0 Å². The van der Waals surface area contributed by atoms with E-state index in [0.717, 1.165) is 32.1 Å². The van der Waals surface area contributed by atoms with Gasteiger partial charge in [0, 0.05) is 44.8 Å². The molecule has 1 aliphatic heterocycles. The second-order valence-corrected chi connectivity index (χ2v) is 5.81. The molecule has 1 aliphatic rings. The summed E-state index contributed by atoms with van der Waals surface area (Å²) in [5.41, 5.74) is 6.07. The minimum absolute atomic E-state index is 0.370. The lowest BCUT2D eigenvalue weighted by molar-refractivity contribution is 0.314. The zero-order valence-corrected chi connectivity index (χ0v) is 14.5. The van der Waals surface area contributed by atoms with Crippen LogP contribution < -0.4 is 15.4 Å². The van der Waals surface area contributed by atoms with Crippen LogP contribution in [0.2, 0.25) is 5.02 Å². The maximum absolute atomic E-state index is 6.07. The van der Waals surface area contributed by atoms with Gasteiger partial charge in [0.1, 0.15) is 11.6 Å². The summed E-state index contributed by atoms with van der Waals surface area (Å²) in [7, 11) is 0. The highest BCUT2D eigenvalue weighted by atomic mass is 35.5. The number of rotatable bonds is 5. The number of nitrogens with zero attached hydrogens (tertiary/aromatic N) is 6. The molecule has 0 unspecified atom stereocenters. The summed E-state index contributed by atoms with van der Waals surface area (Å²) in [6, 6.07) is 5.30. The Morgan fingerprint density at radius 1 is 1.12 bits per heavy atom. The van der Waals surface area contributed by atoms with Crippen LogP contribution in [-0.4, -0.2) is 65.1 Å². The molecule has 0 saturated carbocycles. The highest BCUT2D eigenvalue weighted by Gasteiger charge is 2.19. The minimum atomic E-state index is 0.370. The standard InChI is InChI=1S/C16H20ClN7O/c17-13-3-1-4-19-14(13)25-12-7-20-15(18)23-8-10-24(11-9-23)16-21-5-2-6-22-16/h1-6H,7-12H2,(H2,18,20). The van der Waals surface area contributed by atoms with E-state index in [2.05, 4.69) is 24.8 Å². The quantitative estimate of drug-likeness (QED) is 0.483. The van der Waals surface area contributed by atoms with Crippen LogP contribution in [0, 0.1) is 0 Å². The maximum atomic E-state index is 6.07. The molecule has 25 heavy (non-hydrogen) atoms. The molecule has 0 aliphatic carbocycles. The summed E-state index contributed by atoms with van der Waals surface area (Å²) in [6.45, 7) is 3.98. The fraction of sp³-hybridized carbons (Fsp3) is 0.375. The van der Waals surface area contributed by atoms with Gasteiger partial charge in [0.15, 0.2) is 5.96 Å². The Hall–Kier alpha value is -2.61. The van der Waals surface area contributed by atoms with Gasteiger partial charge in [0.25, 0.3) is 0 Å². The number of hydrogen-bond donors (Lipinski definition) is 1. The van der Waals surface area contributed by atoms with Crippen molar-refractivity contribution in [2.75, 3.05) is 44.2 Å². The normalized spacial score (nSPS) is 15.3. The molecule has 2 aromatic rings. The summed E-state index contributed by atoms with van der Waals surface area (Å²) in [5, 5.41) is 0.485. The van der Waals surface area contributed by atoms with E-state index in [1.807, 2.05) is 11.0 Å². The molecule has 8 nitrogen and oxygen atoms in total. The van der Waals surface area contributed by atoms with Gasteiger partial charge in [0.05, 0.1) is 6.54 Å². The van der Waals surface area contributed by atoms with Crippen LogP contribution in [0.3, 0.4) is 0 Å². The van der Waals surface area contributed by atoms with Crippen LogP contribution in [-0.2, 0) is 0 Å². The average molecular weight is 362 g/mol. The van der Waals surface area contributed by atoms with Crippen molar-refractivity contribution in [3.63, 3.8) is 0 Å². The molecule has 1 fully saturated rings. The van der Waals surface area contributed by atoms with Gasteiger partial charge in [0.2, 0.25) is 11.8 Å². The highest BCUT2D eigenvalue weighted by Crippen LogP contribution is 2.19. The van der Waals surface area contributed by atoms with Gasteiger partial charge in [-0.25, -0.2) is 19.9 Å². The van der Waals surface area contributed by atoms with Crippen molar-refractivity contribution >= 4 is 23.5 Å². The number of guanidine groups is 1. The summed E-state index contributed by atoms with van der Waals surface area (Å²) < 4.78 is 5.50. The predicted molar refractivity (Wildman–Crippen MR) is 97.0 cm³/mol. The molecule has 3 heterocycles. The number of anilines is 1. The predicted octanol–water partition coefficient (Wildman–Crippen LogP) is 1.04. The molecule has 2 N–H and O–H groups in total. The summed E-state index contributed by atoms with van der Waals surface area (Å²) in [4.78, 5) is 21.1. The molecule has 132 valence electrons. The summed E-state index contributed by atoms with van der Waals surface area (Å²) >= 11 is 5.98. The van der Waals surface area contributed by atoms with Gasteiger partial charge in [-0.15, -0.1) is 0 Å². The van der Waals surface area contributed by atoms with E-state index < -0.39 is 0 Å². The Kier molecular flexibility index (Phi) is 5.84. The average Bonchev–Trinajstić information content (AvgIpc) is 2.67. The monoisotopic (exact) mass is 361 g/mol. The molecule has 0 amide bonds. The van der Waals surface area contributed by atoms with E-state index in [9.17, 15) is 0 Å². The van der Waals surface area contributed by atoms with Gasteiger partial charge in [-0.2, -0.15) is 0 Å². The number of aliphatic imine (C=N–C) groups is 1. The number of piperazine rings is 1. The van der Waals surface area contributed by atoms with Crippen molar-refractivity contribution in [2.24, 2.45) is 10.7 Å². The molecule has 0 bridgehead atoms. The zero-order chi connectivity index (χ0) is 17.5. The Bertz CT molecular complexity index is 705. The molecule has 1 saturated heterocycles. The van der Waals surface area contributed by atoms with E-state index in [1.54, 1.807) is 30.7 Å². The second-order valence-electron chi connectivity index (χ2n) is 5.40. The van der Waals surface area contributed by atoms with E-state index in [1.165, 1.54) is 0 Å². The molecule has 0 atom stereocenters. The molecular formula is C16H20ClN7O. The van der Waals surface area contributed by atoms with Crippen molar-refractivity contribution < 1.29 is 4.74 Å². The summed E-state index contributed by atoms with van der Waals surface area (Å²) in [6.07, 6.45) is 5.13.